The molecule has 3 aliphatic rings. The highest BCUT2D eigenvalue weighted by atomic mass is 14.9. The fourth-order valence-corrected chi connectivity index (χ4v) is 3.93. The van der Waals surface area contributed by atoms with Crippen molar-refractivity contribution in [2.75, 3.05) is 6.54 Å². The lowest BCUT2D eigenvalue weighted by Crippen LogP contribution is -2.42. The lowest BCUT2D eigenvalue weighted by molar-refractivity contribution is 0.0908. The van der Waals surface area contributed by atoms with Crippen LogP contribution in [0.5, 0.6) is 0 Å². The maximum Gasteiger partial charge on any atom is 0.0282 e. The Balaban J connectivity index is 1.71. The number of hydrogen-bond acceptors (Lipinski definition) is 1. The molecule has 4 unspecified atom stereocenters. The van der Waals surface area contributed by atoms with E-state index in [1.54, 1.807) is 5.57 Å². The third-order valence-electron chi connectivity index (χ3n) is 5.03. The van der Waals surface area contributed by atoms with Crippen LogP contribution in [0.1, 0.15) is 46.0 Å². The molecule has 0 amide bonds. The number of allylic oxidation sites excluding steroid dienone is 1. The van der Waals surface area contributed by atoms with E-state index in [1.807, 2.05) is 0 Å². The summed E-state index contributed by atoms with van der Waals surface area (Å²) in [4.78, 5) is 0. The van der Waals surface area contributed by atoms with E-state index in [0.29, 0.717) is 0 Å². The summed E-state index contributed by atoms with van der Waals surface area (Å²) in [6, 6.07) is 0.741. The van der Waals surface area contributed by atoms with Gasteiger partial charge in [-0.05, 0) is 62.3 Å². The maximum atomic E-state index is 3.78. The molecule has 1 nitrogen and oxygen atoms in total. The van der Waals surface area contributed by atoms with E-state index in [0.717, 1.165) is 29.7 Å². The molecular formula is C15H25N. The molecule has 1 N–H and O–H groups in total. The standard InChI is InChI=1S/C15H25N/c1-10(2)3-4-12-8-13-7-11-5-6-16-15(12)9-14(11)13/h8,10-11,13-16H,3-7,9H2,1-2H3. The van der Waals surface area contributed by atoms with Crippen LogP contribution in [0.2, 0.25) is 0 Å². The monoisotopic (exact) mass is 219 g/mol. The third kappa shape index (κ3) is 1.84. The summed E-state index contributed by atoms with van der Waals surface area (Å²) in [7, 11) is 0. The third-order valence-corrected chi connectivity index (χ3v) is 5.03. The minimum absolute atomic E-state index is 0.741. The topological polar surface area (TPSA) is 12.0 Å². The number of rotatable bonds is 3. The Morgan fingerprint density at radius 3 is 3.06 bits per heavy atom. The second kappa shape index (κ2) is 4.18. The zero-order valence-corrected chi connectivity index (χ0v) is 10.7. The molecule has 2 aliphatic carbocycles. The molecule has 0 aromatic carbocycles. The van der Waals surface area contributed by atoms with E-state index in [1.165, 1.54) is 38.6 Å². The van der Waals surface area contributed by atoms with Crippen molar-refractivity contribution in [2.45, 2.75) is 52.0 Å². The van der Waals surface area contributed by atoms with Gasteiger partial charge in [-0.25, -0.2) is 0 Å². The lowest BCUT2D eigenvalue weighted by atomic mass is 9.58. The Bertz CT molecular complexity index is 292. The highest BCUT2D eigenvalue weighted by Crippen LogP contribution is 2.51. The van der Waals surface area contributed by atoms with Gasteiger partial charge in [-0.1, -0.05) is 25.5 Å². The van der Waals surface area contributed by atoms with Crippen LogP contribution < -0.4 is 5.32 Å². The second-order valence-electron chi connectivity index (χ2n) is 6.53. The van der Waals surface area contributed by atoms with Gasteiger partial charge in [-0.2, -0.15) is 0 Å². The van der Waals surface area contributed by atoms with Crippen LogP contribution in [-0.4, -0.2) is 12.6 Å². The zero-order valence-electron chi connectivity index (χ0n) is 10.7. The van der Waals surface area contributed by atoms with Gasteiger partial charge in [0.1, 0.15) is 0 Å². The van der Waals surface area contributed by atoms with E-state index in [9.17, 15) is 0 Å². The molecule has 2 fully saturated rings. The van der Waals surface area contributed by atoms with Crippen LogP contribution in [0.15, 0.2) is 11.6 Å². The fraction of sp³-hybridized carbons (Fsp3) is 0.867. The molecule has 2 bridgehead atoms. The fourth-order valence-electron chi connectivity index (χ4n) is 3.93. The highest BCUT2D eigenvalue weighted by molar-refractivity contribution is 5.22. The van der Waals surface area contributed by atoms with Crippen LogP contribution >= 0.6 is 0 Å². The first-order chi connectivity index (χ1) is 7.74. The molecule has 3 rings (SSSR count). The van der Waals surface area contributed by atoms with Crippen molar-refractivity contribution in [1.29, 1.82) is 0 Å². The van der Waals surface area contributed by atoms with E-state index in [2.05, 4.69) is 25.2 Å². The smallest absolute Gasteiger partial charge is 0.0282 e. The van der Waals surface area contributed by atoms with Gasteiger partial charge in [0.25, 0.3) is 0 Å². The van der Waals surface area contributed by atoms with Gasteiger partial charge in [-0.3, -0.25) is 0 Å². The summed E-state index contributed by atoms with van der Waals surface area (Å²) in [6.07, 6.45) is 9.72. The number of hydrogen-bond donors (Lipinski definition) is 1. The minimum Gasteiger partial charge on any atom is -0.310 e. The molecule has 1 saturated carbocycles. The first-order valence-corrected chi connectivity index (χ1v) is 7.18. The van der Waals surface area contributed by atoms with E-state index < -0.39 is 0 Å². The molecule has 0 aromatic heterocycles. The molecule has 1 heteroatoms. The summed E-state index contributed by atoms with van der Waals surface area (Å²) in [5.74, 6) is 3.91. The molecule has 0 radical (unpaired) electrons. The molecule has 1 saturated heterocycles. The van der Waals surface area contributed by atoms with Gasteiger partial charge >= 0.3 is 0 Å². The number of nitrogens with one attached hydrogen (secondary N) is 1. The average molecular weight is 219 g/mol. The molecular weight excluding hydrogens is 194 g/mol. The summed E-state index contributed by atoms with van der Waals surface area (Å²) in [5, 5.41) is 3.78. The SMILES string of the molecule is CC(C)CCC1=CC2CC3CCNC1CC23. The van der Waals surface area contributed by atoms with Crippen molar-refractivity contribution in [1.82, 2.24) is 5.32 Å². The molecule has 0 aromatic rings. The Morgan fingerprint density at radius 1 is 1.38 bits per heavy atom. The normalized spacial score (nSPS) is 41.3. The van der Waals surface area contributed by atoms with Gasteiger partial charge in [0.2, 0.25) is 0 Å². The molecule has 1 heterocycles. The molecule has 16 heavy (non-hydrogen) atoms. The summed E-state index contributed by atoms with van der Waals surface area (Å²) < 4.78 is 0. The molecule has 90 valence electrons. The van der Waals surface area contributed by atoms with Crippen LogP contribution in [-0.2, 0) is 0 Å². The van der Waals surface area contributed by atoms with Crippen LogP contribution in [0, 0.1) is 23.7 Å². The first-order valence-electron chi connectivity index (χ1n) is 7.18. The quantitative estimate of drug-likeness (QED) is 0.718. The lowest BCUT2D eigenvalue weighted by Gasteiger charge is -2.47. The summed E-state index contributed by atoms with van der Waals surface area (Å²) >= 11 is 0. The maximum absolute atomic E-state index is 3.78. The molecule has 0 spiro atoms. The van der Waals surface area contributed by atoms with E-state index in [4.69, 9.17) is 0 Å². The van der Waals surface area contributed by atoms with Crippen molar-refractivity contribution in [3.8, 4) is 0 Å². The average Bonchev–Trinajstić information content (AvgIpc) is 2.32. The predicted octanol–water partition coefficient (Wildman–Crippen LogP) is 3.37. The van der Waals surface area contributed by atoms with Gasteiger partial charge < -0.3 is 5.32 Å². The van der Waals surface area contributed by atoms with Crippen molar-refractivity contribution in [3.05, 3.63) is 11.6 Å². The highest BCUT2D eigenvalue weighted by Gasteiger charge is 2.45. The Hall–Kier alpha value is -0.300. The first kappa shape index (κ1) is 10.8. The minimum atomic E-state index is 0.741. The van der Waals surface area contributed by atoms with Crippen molar-refractivity contribution < 1.29 is 0 Å². The van der Waals surface area contributed by atoms with Crippen LogP contribution in [0.25, 0.3) is 0 Å². The van der Waals surface area contributed by atoms with Gasteiger partial charge in [0, 0.05) is 6.04 Å². The number of fused-ring (bicyclic) bond motifs is 1. The summed E-state index contributed by atoms with van der Waals surface area (Å²) in [5.41, 5.74) is 1.75. The van der Waals surface area contributed by atoms with Crippen molar-refractivity contribution >= 4 is 0 Å². The second-order valence-corrected chi connectivity index (χ2v) is 6.53. The largest absolute Gasteiger partial charge is 0.310 e. The van der Waals surface area contributed by atoms with E-state index in [-0.39, 0.29) is 0 Å². The van der Waals surface area contributed by atoms with Gasteiger partial charge in [0.15, 0.2) is 0 Å². The molecule has 4 atom stereocenters. The Morgan fingerprint density at radius 2 is 2.25 bits per heavy atom. The predicted molar refractivity (Wildman–Crippen MR) is 68.3 cm³/mol. The summed E-state index contributed by atoms with van der Waals surface area (Å²) in [6.45, 7) is 5.94. The molecule has 1 aliphatic heterocycles. The van der Waals surface area contributed by atoms with Crippen LogP contribution in [0.3, 0.4) is 0 Å². The van der Waals surface area contributed by atoms with Gasteiger partial charge in [-0.15, -0.1) is 0 Å². The Labute approximate surface area is 99.7 Å². The van der Waals surface area contributed by atoms with Crippen molar-refractivity contribution in [3.63, 3.8) is 0 Å². The van der Waals surface area contributed by atoms with Gasteiger partial charge in [0.05, 0.1) is 0 Å². The van der Waals surface area contributed by atoms with E-state index >= 15 is 0 Å². The Kier molecular flexibility index (Phi) is 2.83. The van der Waals surface area contributed by atoms with Crippen LogP contribution in [0.4, 0.5) is 0 Å². The zero-order chi connectivity index (χ0) is 11.1. The van der Waals surface area contributed by atoms with Crippen molar-refractivity contribution in [2.24, 2.45) is 23.7 Å².